The zero-order valence-electron chi connectivity index (χ0n) is 13.4. The monoisotopic (exact) mass is 284 g/mol. The Morgan fingerprint density at radius 3 is 2.25 bits per heavy atom. The zero-order chi connectivity index (χ0) is 14.6. The highest BCUT2D eigenvalue weighted by molar-refractivity contribution is 6.93. The van der Waals surface area contributed by atoms with Crippen molar-refractivity contribution in [1.82, 2.24) is 0 Å². The maximum Gasteiger partial charge on any atom is 0.0966 e. The molecule has 2 unspecified atom stereocenters. The lowest BCUT2D eigenvalue weighted by molar-refractivity contribution is 0.671. The molecule has 0 aromatic heterocycles. The lowest BCUT2D eigenvalue weighted by Gasteiger charge is -2.34. The fourth-order valence-corrected chi connectivity index (χ4v) is 8.01. The molecule has 108 valence electrons. The number of hydrogen-bond acceptors (Lipinski definition) is 0. The van der Waals surface area contributed by atoms with Gasteiger partial charge < -0.3 is 0 Å². The van der Waals surface area contributed by atoms with Crippen molar-refractivity contribution in [3.8, 4) is 0 Å². The van der Waals surface area contributed by atoms with E-state index in [9.17, 15) is 0 Å². The number of allylic oxidation sites excluding steroid dienone is 4. The first kappa shape index (κ1) is 15.3. The summed E-state index contributed by atoms with van der Waals surface area (Å²) in [5, 5.41) is 1.63. The van der Waals surface area contributed by atoms with Gasteiger partial charge in [0.05, 0.1) is 8.07 Å². The third kappa shape index (κ3) is 2.69. The minimum Gasteiger partial charge on any atom is -0.0797 e. The van der Waals surface area contributed by atoms with Crippen LogP contribution in [0.5, 0.6) is 0 Å². The first-order valence-electron chi connectivity index (χ1n) is 8.13. The maximum atomic E-state index is 2.58. The Morgan fingerprint density at radius 1 is 1.05 bits per heavy atom. The van der Waals surface area contributed by atoms with Gasteiger partial charge in [-0.15, -0.1) is 0 Å². The van der Waals surface area contributed by atoms with Gasteiger partial charge in [-0.3, -0.25) is 0 Å². The molecule has 0 amide bonds. The largest absolute Gasteiger partial charge is 0.0966 e. The van der Waals surface area contributed by atoms with Gasteiger partial charge in [-0.1, -0.05) is 93.5 Å². The van der Waals surface area contributed by atoms with E-state index in [4.69, 9.17) is 0 Å². The standard InChI is InChI=1S/C19H28Si/c1-5-16(4)17-13-14-19(15-17)20(6-2,7-3)18-11-9-8-10-12-18/h8-16,19H,5-7H2,1-4H3. The van der Waals surface area contributed by atoms with Crippen molar-refractivity contribution in [1.29, 1.82) is 0 Å². The van der Waals surface area contributed by atoms with Crippen molar-refractivity contribution in [3.05, 3.63) is 54.1 Å². The average Bonchev–Trinajstić information content (AvgIpc) is 3.00. The highest BCUT2D eigenvalue weighted by atomic mass is 28.3. The van der Waals surface area contributed by atoms with E-state index in [0.29, 0.717) is 11.5 Å². The summed E-state index contributed by atoms with van der Waals surface area (Å²) in [6.45, 7) is 9.42. The second-order valence-electron chi connectivity index (χ2n) is 6.09. The third-order valence-corrected chi connectivity index (χ3v) is 10.9. The van der Waals surface area contributed by atoms with Crippen LogP contribution in [0.4, 0.5) is 0 Å². The van der Waals surface area contributed by atoms with Crippen molar-refractivity contribution < 1.29 is 0 Å². The van der Waals surface area contributed by atoms with Gasteiger partial charge in [0.25, 0.3) is 0 Å². The summed E-state index contributed by atoms with van der Waals surface area (Å²) in [6, 6.07) is 13.9. The molecule has 1 aromatic carbocycles. The van der Waals surface area contributed by atoms with E-state index < -0.39 is 8.07 Å². The van der Waals surface area contributed by atoms with Gasteiger partial charge in [0.15, 0.2) is 0 Å². The molecule has 0 spiro atoms. The normalized spacial score (nSPS) is 20.0. The van der Waals surface area contributed by atoms with Crippen LogP contribution in [-0.2, 0) is 0 Å². The molecule has 1 aliphatic carbocycles. The van der Waals surface area contributed by atoms with Gasteiger partial charge in [0, 0.05) is 0 Å². The van der Waals surface area contributed by atoms with Crippen LogP contribution in [0.25, 0.3) is 0 Å². The van der Waals surface area contributed by atoms with E-state index in [2.05, 4.69) is 76.3 Å². The van der Waals surface area contributed by atoms with Crippen molar-refractivity contribution in [3.63, 3.8) is 0 Å². The molecular weight excluding hydrogens is 256 g/mol. The third-order valence-electron chi connectivity index (χ3n) is 5.30. The number of rotatable bonds is 6. The number of hydrogen-bond donors (Lipinski definition) is 0. The summed E-state index contributed by atoms with van der Waals surface area (Å²) in [7, 11) is -1.45. The lowest BCUT2D eigenvalue weighted by atomic mass is 10.0. The predicted molar refractivity (Wildman–Crippen MR) is 93.2 cm³/mol. The smallest absolute Gasteiger partial charge is 0.0797 e. The second-order valence-corrected chi connectivity index (χ2v) is 11.1. The fourth-order valence-electron chi connectivity index (χ4n) is 3.53. The molecule has 1 aliphatic rings. The Bertz CT molecular complexity index is 480. The summed E-state index contributed by atoms with van der Waals surface area (Å²) in [4.78, 5) is 0. The molecule has 0 heterocycles. The molecule has 0 fully saturated rings. The molecule has 0 aliphatic heterocycles. The van der Waals surface area contributed by atoms with Crippen LogP contribution in [0.1, 0.15) is 34.1 Å². The molecule has 0 saturated carbocycles. The zero-order valence-corrected chi connectivity index (χ0v) is 14.4. The van der Waals surface area contributed by atoms with Crippen LogP contribution in [0, 0.1) is 5.92 Å². The Balaban J connectivity index is 2.36. The minimum atomic E-state index is -1.45. The summed E-state index contributed by atoms with van der Waals surface area (Å²) >= 11 is 0. The highest BCUT2D eigenvalue weighted by Gasteiger charge is 2.38. The van der Waals surface area contributed by atoms with Crippen molar-refractivity contribution in [2.75, 3.05) is 0 Å². The van der Waals surface area contributed by atoms with Gasteiger partial charge in [0.2, 0.25) is 0 Å². The minimum absolute atomic E-state index is 0.684. The van der Waals surface area contributed by atoms with Gasteiger partial charge >= 0.3 is 0 Å². The van der Waals surface area contributed by atoms with E-state index >= 15 is 0 Å². The molecule has 1 heteroatoms. The van der Waals surface area contributed by atoms with E-state index in [1.807, 2.05) is 0 Å². The quantitative estimate of drug-likeness (QED) is 0.622. The molecular formula is C19H28Si. The van der Waals surface area contributed by atoms with Crippen LogP contribution < -0.4 is 5.19 Å². The van der Waals surface area contributed by atoms with Crippen molar-refractivity contribution >= 4 is 13.3 Å². The molecule has 0 nitrogen and oxygen atoms in total. The summed E-state index contributed by atoms with van der Waals surface area (Å²) in [5.74, 6) is 0.701. The van der Waals surface area contributed by atoms with Gasteiger partial charge in [0.1, 0.15) is 0 Å². The first-order chi connectivity index (χ1) is 9.67. The van der Waals surface area contributed by atoms with Crippen LogP contribution in [0.3, 0.4) is 0 Å². The molecule has 0 bridgehead atoms. The molecule has 2 rings (SSSR count). The SMILES string of the molecule is CCC(C)C1=CC([Si](CC)(CC)c2ccccc2)C=C1. The summed E-state index contributed by atoms with van der Waals surface area (Å²) in [5.41, 5.74) is 2.25. The van der Waals surface area contributed by atoms with E-state index in [0.717, 1.165) is 0 Å². The second kappa shape index (κ2) is 6.58. The van der Waals surface area contributed by atoms with Gasteiger partial charge in [-0.05, 0) is 23.5 Å². The van der Waals surface area contributed by atoms with Crippen LogP contribution in [0.2, 0.25) is 17.6 Å². The molecule has 2 atom stereocenters. The summed E-state index contributed by atoms with van der Waals surface area (Å²) < 4.78 is 0. The summed E-state index contributed by atoms with van der Waals surface area (Å²) in [6.07, 6.45) is 8.71. The average molecular weight is 285 g/mol. The Labute approximate surface area is 125 Å². The molecule has 1 aromatic rings. The maximum absolute atomic E-state index is 2.58. The Kier molecular flexibility index (Phi) is 5.04. The molecule has 0 N–H and O–H groups in total. The molecule has 0 radical (unpaired) electrons. The molecule has 0 saturated heterocycles. The van der Waals surface area contributed by atoms with Gasteiger partial charge in [-0.2, -0.15) is 0 Å². The Morgan fingerprint density at radius 2 is 1.70 bits per heavy atom. The Hall–Kier alpha value is -1.08. The predicted octanol–water partition coefficient (Wildman–Crippen LogP) is 5.29. The van der Waals surface area contributed by atoms with E-state index in [1.165, 1.54) is 18.5 Å². The van der Waals surface area contributed by atoms with Crippen LogP contribution in [0.15, 0.2) is 54.1 Å². The molecule has 20 heavy (non-hydrogen) atoms. The van der Waals surface area contributed by atoms with Gasteiger partial charge in [-0.25, -0.2) is 0 Å². The van der Waals surface area contributed by atoms with Crippen molar-refractivity contribution in [2.45, 2.75) is 51.7 Å². The topological polar surface area (TPSA) is 0 Å². The van der Waals surface area contributed by atoms with E-state index in [1.54, 1.807) is 10.8 Å². The number of benzene rings is 1. The van der Waals surface area contributed by atoms with E-state index in [-0.39, 0.29) is 0 Å². The first-order valence-corrected chi connectivity index (χ1v) is 10.6. The highest BCUT2D eigenvalue weighted by Crippen LogP contribution is 2.38. The fraction of sp³-hybridized carbons (Fsp3) is 0.474. The van der Waals surface area contributed by atoms with Crippen LogP contribution in [-0.4, -0.2) is 8.07 Å². The van der Waals surface area contributed by atoms with Crippen molar-refractivity contribution in [2.24, 2.45) is 5.92 Å². The lowest BCUT2D eigenvalue weighted by Crippen LogP contribution is -2.49. The van der Waals surface area contributed by atoms with Crippen LogP contribution >= 0.6 is 0 Å².